The molecule has 3 aliphatic heterocycles. The number of carboxylic acids is 1. The van der Waals surface area contributed by atoms with Crippen LogP contribution in [0.1, 0.15) is 15.9 Å². The van der Waals surface area contributed by atoms with Crippen LogP contribution in [0, 0.1) is 40.1 Å². The van der Waals surface area contributed by atoms with Gasteiger partial charge in [-0.3, -0.25) is 0 Å². The lowest BCUT2D eigenvalue weighted by Gasteiger charge is -2.36. The van der Waals surface area contributed by atoms with E-state index in [-0.39, 0.29) is 54.0 Å². The van der Waals surface area contributed by atoms with E-state index in [1.54, 1.807) is 21.6 Å². The van der Waals surface area contributed by atoms with Gasteiger partial charge in [-0.05, 0) is 18.2 Å². The molecule has 9 nitrogen and oxygen atoms in total. The average molecular weight is 626 g/mol. The normalized spacial score (nSPS) is 16.8. The van der Waals surface area contributed by atoms with E-state index in [0.29, 0.717) is 11.0 Å². The van der Waals surface area contributed by atoms with Gasteiger partial charge in [0.15, 0.2) is 24.7 Å². The number of halogens is 5. The van der Waals surface area contributed by atoms with E-state index in [0.717, 1.165) is 7.11 Å². The molecule has 4 aliphatic rings. The van der Waals surface area contributed by atoms with Gasteiger partial charge >= 0.3 is 5.97 Å². The number of anilines is 1. The summed E-state index contributed by atoms with van der Waals surface area (Å²) in [5.74, 6) is -7.87. The molecule has 6 rings (SSSR count). The molecule has 0 radical (unpaired) electrons. The Morgan fingerprint density at radius 3 is 2.36 bits per heavy atom. The average Bonchev–Trinajstić information content (AvgIpc) is 2.99. The molecule has 2 fully saturated rings. The molecule has 0 bridgehead atoms. The highest BCUT2D eigenvalue weighted by Gasteiger charge is 2.45. The van der Waals surface area contributed by atoms with Crippen molar-refractivity contribution in [3.05, 3.63) is 70.3 Å². The van der Waals surface area contributed by atoms with Gasteiger partial charge in [0.2, 0.25) is 11.5 Å². The summed E-state index contributed by atoms with van der Waals surface area (Å²) < 4.78 is 92.9. The topological polar surface area (TPSA) is 123 Å². The zero-order valence-corrected chi connectivity index (χ0v) is 23.4. The number of benzene rings is 3. The van der Waals surface area contributed by atoms with Crippen LogP contribution in [0.15, 0.2) is 40.8 Å². The fourth-order valence-corrected chi connectivity index (χ4v) is 5.63. The van der Waals surface area contributed by atoms with Gasteiger partial charge in [-0.15, -0.1) is 0 Å². The van der Waals surface area contributed by atoms with Crippen LogP contribution in [0.25, 0.3) is 33.4 Å². The van der Waals surface area contributed by atoms with Gasteiger partial charge in [0, 0.05) is 47.0 Å². The van der Waals surface area contributed by atoms with Gasteiger partial charge in [0.1, 0.15) is 47.8 Å². The molecule has 0 unspecified atom stereocenters. The summed E-state index contributed by atoms with van der Waals surface area (Å²) in [6.45, 7) is -0.389. The number of hydrogen-bond acceptors (Lipinski definition) is 7. The van der Waals surface area contributed by atoms with Crippen LogP contribution in [0.3, 0.4) is 0 Å². The Kier molecular flexibility index (Phi) is 7.43. The van der Waals surface area contributed by atoms with Crippen LogP contribution in [-0.2, 0) is 15.1 Å². The van der Waals surface area contributed by atoms with Gasteiger partial charge in [-0.2, -0.15) is 10.5 Å². The van der Waals surface area contributed by atoms with Crippen molar-refractivity contribution in [2.75, 3.05) is 45.0 Å². The minimum Gasteiger partial charge on any atom is -0.478 e. The predicted octanol–water partition coefficient (Wildman–Crippen LogP) is 4.47. The molecule has 45 heavy (non-hydrogen) atoms. The molecule has 230 valence electrons. The van der Waals surface area contributed by atoms with Crippen LogP contribution >= 0.6 is 0 Å². The maximum absolute atomic E-state index is 16.8. The summed E-state index contributed by atoms with van der Waals surface area (Å²) in [6, 6.07) is 11.7. The third kappa shape index (κ3) is 4.74. The van der Waals surface area contributed by atoms with Crippen LogP contribution in [0.4, 0.5) is 27.6 Å². The summed E-state index contributed by atoms with van der Waals surface area (Å²) in [4.78, 5) is 14.1. The van der Waals surface area contributed by atoms with E-state index in [4.69, 9.17) is 13.9 Å². The highest BCUT2D eigenvalue weighted by molar-refractivity contribution is 6.08. The lowest BCUT2D eigenvalue weighted by molar-refractivity contribution is -0.0860. The van der Waals surface area contributed by atoms with Crippen molar-refractivity contribution in [2.45, 2.75) is 17.9 Å². The first-order valence-corrected chi connectivity index (χ1v) is 13.5. The number of carboxylic acid groups (broad SMARTS) is 1. The maximum atomic E-state index is 16.8. The zero-order valence-electron chi connectivity index (χ0n) is 23.4. The largest absolute Gasteiger partial charge is 0.478 e. The Morgan fingerprint density at radius 2 is 1.76 bits per heavy atom. The molecule has 2 saturated heterocycles. The molecule has 1 N–H and O–H groups in total. The molecule has 0 atom stereocenters. The van der Waals surface area contributed by atoms with Crippen LogP contribution in [0.2, 0.25) is 0 Å². The number of hydrogen-bond donors (Lipinski definition) is 1. The lowest BCUT2D eigenvalue weighted by Crippen LogP contribution is -2.50. The van der Waals surface area contributed by atoms with E-state index in [2.05, 4.69) is 0 Å². The van der Waals surface area contributed by atoms with Crippen LogP contribution < -0.4 is 14.8 Å². The van der Waals surface area contributed by atoms with Crippen LogP contribution in [-0.4, -0.2) is 63.5 Å². The quantitative estimate of drug-likeness (QED) is 0.105. The van der Waals surface area contributed by atoms with Crippen LogP contribution in [0.5, 0.6) is 0 Å². The predicted molar refractivity (Wildman–Crippen MR) is 148 cm³/mol. The standard InChI is InChI=1S/C31H21F5N4O5/c1-43-14-44-31(12-37,13-38)26-27(34)24(25(30(41)42)28(35)29(26)36)23-19-4-2-17(39-8-15(32)9-39)6-21(19)45-22-7-18(3-5-20(22)23)40-10-16(33)11-40/h2-7,15-16H,8-11,14H2,1H3/p+1. The number of carbonyl (C=O) groups is 1. The van der Waals surface area contributed by atoms with E-state index < -0.39 is 64.8 Å². The first-order valence-electron chi connectivity index (χ1n) is 13.5. The Morgan fingerprint density at radius 1 is 1.04 bits per heavy atom. The smallest absolute Gasteiger partial charge is 0.339 e. The highest BCUT2D eigenvalue weighted by atomic mass is 19.2. The van der Waals surface area contributed by atoms with Gasteiger partial charge in [-0.1, -0.05) is 0 Å². The summed E-state index contributed by atoms with van der Waals surface area (Å²) in [7, 11) is 1.11. The molecule has 2 aromatic carbocycles. The summed E-state index contributed by atoms with van der Waals surface area (Å²) in [6.07, 6.45) is -2.09. The molecule has 1 aliphatic carbocycles. The minimum atomic E-state index is -3.08. The number of ether oxygens (including phenoxy) is 2. The molecule has 3 heterocycles. The maximum Gasteiger partial charge on any atom is 0.339 e. The molecule has 0 amide bonds. The van der Waals surface area contributed by atoms with Crippen molar-refractivity contribution in [2.24, 2.45) is 0 Å². The summed E-state index contributed by atoms with van der Waals surface area (Å²) in [5.41, 5.74) is -6.56. The highest BCUT2D eigenvalue weighted by Crippen LogP contribution is 2.46. The monoisotopic (exact) mass is 625 g/mol. The van der Waals surface area contributed by atoms with E-state index >= 15 is 13.2 Å². The van der Waals surface area contributed by atoms with Gasteiger partial charge < -0.3 is 23.9 Å². The Hall–Kier alpha value is -5.05. The van der Waals surface area contributed by atoms with Crippen molar-refractivity contribution < 1.29 is 45.7 Å². The number of aromatic carboxylic acids is 1. The molecule has 2 aromatic rings. The van der Waals surface area contributed by atoms with Crippen molar-refractivity contribution in [3.63, 3.8) is 0 Å². The number of methoxy groups -OCH3 is 1. The third-order valence-electron chi connectivity index (χ3n) is 7.94. The third-order valence-corrected chi connectivity index (χ3v) is 7.94. The number of nitriles is 2. The second-order valence-electron chi connectivity index (χ2n) is 10.7. The number of nitrogens with zero attached hydrogens (tertiary/aromatic N) is 4. The Bertz CT molecular complexity index is 1990. The molecular formula is C31H22F5N4O5+. The number of alkyl halides is 2. The first-order chi connectivity index (χ1) is 21.5. The van der Waals surface area contributed by atoms with Gasteiger partial charge in [0.05, 0.1) is 24.7 Å². The van der Waals surface area contributed by atoms with Crippen molar-refractivity contribution in [1.82, 2.24) is 4.58 Å². The molecule has 14 heteroatoms. The van der Waals surface area contributed by atoms with E-state index in [9.17, 15) is 29.2 Å². The number of rotatable bonds is 7. The van der Waals surface area contributed by atoms with E-state index in [1.165, 1.54) is 36.4 Å². The second kappa shape index (κ2) is 11.1. The molecule has 0 aromatic heterocycles. The summed E-state index contributed by atoms with van der Waals surface area (Å²) in [5, 5.41) is 30.3. The molecular weight excluding hydrogens is 603 g/mol. The zero-order chi connectivity index (χ0) is 32.2. The second-order valence-corrected chi connectivity index (χ2v) is 10.7. The fraction of sp³-hybridized carbons (Fsp3) is 0.290. The first kappa shape index (κ1) is 30.0. The van der Waals surface area contributed by atoms with Crippen molar-refractivity contribution in [1.29, 1.82) is 10.5 Å². The number of fused-ring (bicyclic) bond motifs is 2. The van der Waals surface area contributed by atoms with Gasteiger partial charge in [-0.25, -0.2) is 31.3 Å². The lowest BCUT2D eigenvalue weighted by atomic mass is 9.85. The van der Waals surface area contributed by atoms with Crippen molar-refractivity contribution in [3.8, 4) is 34.6 Å². The minimum absolute atomic E-state index is 0.0471. The molecule has 0 spiro atoms. The molecule has 0 saturated carbocycles. The van der Waals surface area contributed by atoms with Gasteiger partial charge in [0.25, 0.3) is 5.60 Å². The van der Waals surface area contributed by atoms with Crippen molar-refractivity contribution >= 4 is 22.6 Å². The SMILES string of the molecule is COCOC(C#N)(C#N)c1c(F)c(F)c(C(=O)O)c(-c2c3ccc(=[N+]4CC(F)C4)cc-3oc3cc(N4CC(F)C4)ccc23)c1F. The fourth-order valence-electron chi connectivity index (χ4n) is 5.63. The summed E-state index contributed by atoms with van der Waals surface area (Å²) >= 11 is 0. The Labute approximate surface area is 251 Å². The Balaban J connectivity index is 1.74. The van der Waals surface area contributed by atoms with E-state index in [1.807, 2.05) is 0 Å².